The van der Waals surface area contributed by atoms with Crippen LogP contribution >= 0.6 is 0 Å². The molecule has 1 amide bonds. The Balaban J connectivity index is 2.05. The largest absolute Gasteiger partial charge is 0.497 e. The van der Waals surface area contributed by atoms with E-state index in [1.165, 1.54) is 0 Å². The van der Waals surface area contributed by atoms with Gasteiger partial charge in [-0.3, -0.25) is 4.79 Å². The summed E-state index contributed by atoms with van der Waals surface area (Å²) in [5, 5.41) is 0. The van der Waals surface area contributed by atoms with Crippen molar-refractivity contribution in [2.75, 3.05) is 19.1 Å². The van der Waals surface area contributed by atoms with Gasteiger partial charge < -0.3 is 9.64 Å². The Kier molecular flexibility index (Phi) is 4.56. The standard InChI is InChI=1S/C17H17NO2/c1-18(15-6-4-3-5-7-15)17(19)13-10-14-8-11-16(20-2)12-9-14/h3-13H,1-2H3/b13-10+. The minimum atomic E-state index is -0.0629. The summed E-state index contributed by atoms with van der Waals surface area (Å²) in [6.07, 6.45) is 3.36. The summed E-state index contributed by atoms with van der Waals surface area (Å²) in [5.74, 6) is 0.738. The lowest BCUT2D eigenvalue weighted by Gasteiger charge is -2.14. The highest BCUT2D eigenvalue weighted by molar-refractivity contribution is 6.03. The van der Waals surface area contributed by atoms with Crippen LogP contribution in [0.3, 0.4) is 0 Å². The van der Waals surface area contributed by atoms with Crippen LogP contribution in [0, 0.1) is 0 Å². The van der Waals surface area contributed by atoms with Gasteiger partial charge in [0.1, 0.15) is 5.75 Å². The number of nitrogens with zero attached hydrogens (tertiary/aromatic N) is 1. The van der Waals surface area contributed by atoms with Crippen molar-refractivity contribution in [1.29, 1.82) is 0 Å². The fourth-order valence-electron chi connectivity index (χ4n) is 1.77. The molecular formula is C17H17NO2. The van der Waals surface area contributed by atoms with Gasteiger partial charge in [-0.15, -0.1) is 0 Å². The summed E-state index contributed by atoms with van der Waals surface area (Å²) < 4.78 is 5.09. The van der Waals surface area contributed by atoms with Gasteiger partial charge in [-0.05, 0) is 35.9 Å². The van der Waals surface area contributed by atoms with Gasteiger partial charge in [-0.2, -0.15) is 0 Å². The van der Waals surface area contributed by atoms with Gasteiger partial charge in [-0.1, -0.05) is 30.3 Å². The Labute approximate surface area is 119 Å². The molecule has 0 bridgehead atoms. The number of amides is 1. The maximum atomic E-state index is 12.1. The van der Waals surface area contributed by atoms with E-state index < -0.39 is 0 Å². The first-order valence-electron chi connectivity index (χ1n) is 6.35. The second-order valence-electron chi connectivity index (χ2n) is 4.34. The van der Waals surface area contributed by atoms with Crippen molar-refractivity contribution in [1.82, 2.24) is 0 Å². The average molecular weight is 267 g/mol. The minimum Gasteiger partial charge on any atom is -0.497 e. The number of likely N-dealkylation sites (N-methyl/N-ethyl adjacent to an activating group) is 1. The molecule has 3 heteroatoms. The molecule has 0 aliphatic heterocycles. The van der Waals surface area contributed by atoms with Crippen molar-refractivity contribution in [3.63, 3.8) is 0 Å². The highest BCUT2D eigenvalue weighted by atomic mass is 16.5. The molecule has 0 atom stereocenters. The Hall–Kier alpha value is -2.55. The summed E-state index contributed by atoms with van der Waals surface area (Å²) in [4.78, 5) is 13.7. The lowest BCUT2D eigenvalue weighted by atomic mass is 10.2. The lowest BCUT2D eigenvalue weighted by Crippen LogP contribution is -2.23. The maximum absolute atomic E-state index is 12.1. The van der Waals surface area contributed by atoms with E-state index in [9.17, 15) is 4.79 Å². The van der Waals surface area contributed by atoms with Crippen molar-refractivity contribution in [2.24, 2.45) is 0 Å². The fraction of sp³-hybridized carbons (Fsp3) is 0.118. The monoisotopic (exact) mass is 267 g/mol. The molecule has 0 radical (unpaired) electrons. The molecule has 2 rings (SSSR count). The van der Waals surface area contributed by atoms with Gasteiger partial charge in [-0.25, -0.2) is 0 Å². The molecule has 0 spiro atoms. The molecule has 0 unspecified atom stereocenters. The zero-order chi connectivity index (χ0) is 14.4. The highest BCUT2D eigenvalue weighted by Gasteiger charge is 2.06. The van der Waals surface area contributed by atoms with Crippen LogP contribution in [0.1, 0.15) is 5.56 Å². The van der Waals surface area contributed by atoms with E-state index in [1.54, 1.807) is 31.2 Å². The van der Waals surface area contributed by atoms with Gasteiger partial charge >= 0.3 is 0 Å². The van der Waals surface area contributed by atoms with Crippen LogP contribution in [-0.4, -0.2) is 20.1 Å². The molecule has 3 nitrogen and oxygen atoms in total. The van der Waals surface area contributed by atoms with Gasteiger partial charge in [0.15, 0.2) is 0 Å². The van der Waals surface area contributed by atoms with Crippen LogP contribution in [0.25, 0.3) is 6.08 Å². The van der Waals surface area contributed by atoms with Crippen molar-refractivity contribution in [2.45, 2.75) is 0 Å². The second-order valence-corrected chi connectivity index (χ2v) is 4.34. The van der Waals surface area contributed by atoms with Crippen LogP contribution in [0.5, 0.6) is 5.75 Å². The van der Waals surface area contributed by atoms with Crippen LogP contribution in [0.4, 0.5) is 5.69 Å². The Morgan fingerprint density at radius 1 is 1.05 bits per heavy atom. The van der Waals surface area contributed by atoms with Crippen molar-refractivity contribution >= 4 is 17.7 Å². The SMILES string of the molecule is COc1ccc(/C=C/C(=O)N(C)c2ccccc2)cc1. The molecule has 102 valence electrons. The zero-order valence-corrected chi connectivity index (χ0v) is 11.6. The molecule has 0 fully saturated rings. The molecule has 0 N–H and O–H groups in total. The molecule has 0 saturated heterocycles. The van der Waals surface area contributed by atoms with Gasteiger partial charge in [0.2, 0.25) is 0 Å². The maximum Gasteiger partial charge on any atom is 0.250 e. The molecule has 0 heterocycles. The first kappa shape index (κ1) is 13.9. The number of carbonyl (C=O) groups excluding carboxylic acids is 1. The summed E-state index contributed by atoms with van der Waals surface area (Å²) >= 11 is 0. The molecule has 2 aromatic rings. The van der Waals surface area contributed by atoms with Gasteiger partial charge in [0.05, 0.1) is 7.11 Å². The smallest absolute Gasteiger partial charge is 0.250 e. The number of hydrogen-bond donors (Lipinski definition) is 0. The molecule has 0 aliphatic rings. The van der Waals surface area contributed by atoms with Crippen LogP contribution in [0.2, 0.25) is 0 Å². The summed E-state index contributed by atoms with van der Waals surface area (Å²) in [6, 6.07) is 17.1. The number of carbonyl (C=O) groups is 1. The summed E-state index contributed by atoms with van der Waals surface area (Å²) in [5.41, 5.74) is 1.83. The van der Waals surface area contributed by atoms with Crippen LogP contribution < -0.4 is 9.64 Å². The van der Waals surface area contributed by atoms with Crippen molar-refractivity contribution in [3.8, 4) is 5.75 Å². The minimum absolute atomic E-state index is 0.0629. The number of ether oxygens (including phenoxy) is 1. The molecule has 0 aliphatic carbocycles. The quantitative estimate of drug-likeness (QED) is 0.795. The average Bonchev–Trinajstić information content (AvgIpc) is 2.53. The molecule has 20 heavy (non-hydrogen) atoms. The third-order valence-corrected chi connectivity index (χ3v) is 3.01. The van der Waals surface area contributed by atoms with E-state index in [0.29, 0.717) is 0 Å². The predicted octanol–water partition coefficient (Wildman–Crippen LogP) is 3.37. The number of anilines is 1. The second kappa shape index (κ2) is 6.57. The molecule has 0 aromatic heterocycles. The van der Waals surface area contributed by atoms with E-state index in [0.717, 1.165) is 17.0 Å². The number of rotatable bonds is 4. The summed E-state index contributed by atoms with van der Waals surface area (Å²) in [6.45, 7) is 0. The third-order valence-electron chi connectivity index (χ3n) is 3.01. The zero-order valence-electron chi connectivity index (χ0n) is 11.6. The number of benzene rings is 2. The molecule has 2 aromatic carbocycles. The van der Waals surface area contributed by atoms with E-state index in [-0.39, 0.29) is 5.91 Å². The highest BCUT2D eigenvalue weighted by Crippen LogP contribution is 2.14. The van der Waals surface area contributed by atoms with Gasteiger partial charge in [0, 0.05) is 18.8 Å². The van der Waals surface area contributed by atoms with Gasteiger partial charge in [0.25, 0.3) is 5.91 Å². The normalized spacial score (nSPS) is 10.5. The third kappa shape index (κ3) is 3.48. The van der Waals surface area contributed by atoms with Crippen LogP contribution in [0.15, 0.2) is 60.7 Å². The predicted molar refractivity (Wildman–Crippen MR) is 81.9 cm³/mol. The van der Waals surface area contributed by atoms with E-state index in [4.69, 9.17) is 4.74 Å². The number of para-hydroxylation sites is 1. The summed E-state index contributed by atoms with van der Waals surface area (Å²) in [7, 11) is 3.39. The van der Waals surface area contributed by atoms with Crippen LogP contribution in [-0.2, 0) is 4.79 Å². The van der Waals surface area contributed by atoms with Crippen molar-refractivity contribution in [3.05, 3.63) is 66.2 Å². The number of hydrogen-bond acceptors (Lipinski definition) is 2. The Morgan fingerprint density at radius 2 is 1.70 bits per heavy atom. The van der Waals surface area contributed by atoms with E-state index >= 15 is 0 Å². The van der Waals surface area contributed by atoms with E-state index in [2.05, 4.69) is 0 Å². The first-order valence-corrected chi connectivity index (χ1v) is 6.35. The first-order chi connectivity index (χ1) is 9.70. The van der Waals surface area contributed by atoms with Crippen molar-refractivity contribution < 1.29 is 9.53 Å². The lowest BCUT2D eigenvalue weighted by molar-refractivity contribution is -0.113. The Bertz CT molecular complexity index is 588. The molecular weight excluding hydrogens is 250 g/mol. The Morgan fingerprint density at radius 3 is 2.30 bits per heavy atom. The molecule has 0 saturated carbocycles. The topological polar surface area (TPSA) is 29.5 Å². The fourth-order valence-corrected chi connectivity index (χ4v) is 1.77. The number of methoxy groups -OCH3 is 1. The van der Waals surface area contributed by atoms with E-state index in [1.807, 2.05) is 54.6 Å².